The summed E-state index contributed by atoms with van der Waals surface area (Å²) >= 11 is 6.04. The van der Waals surface area contributed by atoms with Crippen LogP contribution < -0.4 is 0 Å². The summed E-state index contributed by atoms with van der Waals surface area (Å²) in [5.41, 5.74) is 1.90. The number of rotatable bonds is 3. The van der Waals surface area contributed by atoms with Gasteiger partial charge in [0.25, 0.3) is 0 Å². The topological polar surface area (TPSA) is 38.7 Å². The lowest BCUT2D eigenvalue weighted by atomic mass is 10.1. The Balaban J connectivity index is 1.95. The fourth-order valence-corrected chi connectivity index (χ4v) is 2.77. The van der Waals surface area contributed by atoms with E-state index < -0.39 is 5.82 Å². The maximum atomic E-state index is 14.4. The molecule has 0 fully saturated rings. The molecule has 0 bridgehead atoms. The molecule has 0 aliphatic heterocycles. The van der Waals surface area contributed by atoms with Gasteiger partial charge in [0, 0.05) is 16.1 Å². The van der Waals surface area contributed by atoms with E-state index in [0.29, 0.717) is 16.7 Å². The van der Waals surface area contributed by atoms with Crippen LogP contribution >= 0.6 is 11.6 Å². The molecule has 3 aromatic carbocycles. The summed E-state index contributed by atoms with van der Waals surface area (Å²) in [5.74, 6) is 0.777. The Kier molecular flexibility index (Phi) is 4.42. The largest absolute Gasteiger partial charge is 0.208 e. The molecule has 0 amide bonds. The summed E-state index contributed by atoms with van der Waals surface area (Å²) in [7, 11) is 0. The van der Waals surface area contributed by atoms with Gasteiger partial charge in [0.2, 0.25) is 0 Å². The third kappa shape index (κ3) is 3.32. The van der Waals surface area contributed by atoms with Crippen molar-refractivity contribution in [2.45, 2.75) is 0 Å². The highest BCUT2D eigenvalue weighted by Gasteiger charge is 2.15. The molecule has 5 heteroatoms. The molecule has 0 spiro atoms. The van der Waals surface area contributed by atoms with Crippen LogP contribution in [0.15, 0.2) is 78.9 Å². The summed E-state index contributed by atoms with van der Waals surface area (Å²) in [6.07, 6.45) is 0. The number of hydrogen-bond acceptors (Lipinski definition) is 3. The van der Waals surface area contributed by atoms with E-state index in [1.54, 1.807) is 0 Å². The molecule has 0 aliphatic rings. The highest BCUT2D eigenvalue weighted by atomic mass is 35.5. The Bertz CT molecular complexity index is 996. The van der Waals surface area contributed by atoms with Crippen LogP contribution in [-0.2, 0) is 0 Å². The Morgan fingerprint density at radius 1 is 0.615 bits per heavy atom. The third-order valence-electron chi connectivity index (χ3n) is 3.87. The Hall–Kier alpha value is -3.11. The molecular formula is C21H13ClFN3. The number of hydrogen-bond donors (Lipinski definition) is 0. The molecule has 4 rings (SSSR count). The summed E-state index contributed by atoms with van der Waals surface area (Å²) in [6, 6.07) is 23.4. The van der Waals surface area contributed by atoms with Crippen LogP contribution in [0.1, 0.15) is 0 Å². The van der Waals surface area contributed by atoms with Crippen molar-refractivity contribution >= 4 is 11.6 Å². The van der Waals surface area contributed by atoms with Gasteiger partial charge in [-0.1, -0.05) is 72.3 Å². The summed E-state index contributed by atoms with van der Waals surface area (Å²) in [4.78, 5) is 13.5. The molecule has 1 heterocycles. The van der Waals surface area contributed by atoms with Gasteiger partial charge >= 0.3 is 0 Å². The van der Waals surface area contributed by atoms with Gasteiger partial charge in [-0.2, -0.15) is 0 Å². The van der Waals surface area contributed by atoms with Crippen LogP contribution in [0.5, 0.6) is 0 Å². The van der Waals surface area contributed by atoms with Gasteiger partial charge in [-0.3, -0.25) is 0 Å². The van der Waals surface area contributed by atoms with Crippen molar-refractivity contribution in [2.75, 3.05) is 0 Å². The molecule has 126 valence electrons. The number of benzene rings is 3. The second kappa shape index (κ2) is 7.02. The van der Waals surface area contributed by atoms with Crippen molar-refractivity contribution in [1.82, 2.24) is 15.0 Å². The number of aromatic nitrogens is 3. The maximum absolute atomic E-state index is 14.4. The molecular weight excluding hydrogens is 349 g/mol. The fraction of sp³-hybridized carbons (Fsp3) is 0. The minimum atomic E-state index is -0.432. The molecule has 0 saturated heterocycles. The second-order valence-corrected chi connectivity index (χ2v) is 6.10. The van der Waals surface area contributed by atoms with Gasteiger partial charge in [-0.05, 0) is 18.2 Å². The quantitative estimate of drug-likeness (QED) is 0.472. The molecule has 0 saturated carbocycles. The van der Waals surface area contributed by atoms with E-state index in [0.717, 1.165) is 11.1 Å². The molecule has 0 atom stereocenters. The van der Waals surface area contributed by atoms with Gasteiger partial charge in [0.15, 0.2) is 17.5 Å². The molecule has 3 nitrogen and oxygen atoms in total. The number of nitrogens with zero attached hydrogens (tertiary/aromatic N) is 3. The summed E-state index contributed by atoms with van der Waals surface area (Å²) < 4.78 is 14.4. The van der Waals surface area contributed by atoms with Crippen LogP contribution in [0.3, 0.4) is 0 Å². The van der Waals surface area contributed by atoms with Gasteiger partial charge in [0.1, 0.15) is 5.82 Å². The van der Waals surface area contributed by atoms with Crippen LogP contribution in [0.4, 0.5) is 4.39 Å². The highest BCUT2D eigenvalue weighted by Crippen LogP contribution is 2.27. The van der Waals surface area contributed by atoms with Crippen molar-refractivity contribution < 1.29 is 4.39 Å². The van der Waals surface area contributed by atoms with E-state index in [2.05, 4.69) is 15.0 Å². The van der Waals surface area contributed by atoms with E-state index in [-0.39, 0.29) is 11.4 Å². The lowest BCUT2D eigenvalue weighted by Gasteiger charge is -2.09. The van der Waals surface area contributed by atoms with Gasteiger partial charge in [0.05, 0.1) is 5.56 Å². The molecule has 0 aliphatic carbocycles. The highest BCUT2D eigenvalue weighted by molar-refractivity contribution is 6.30. The molecule has 4 aromatic rings. The Morgan fingerprint density at radius 3 is 1.65 bits per heavy atom. The van der Waals surface area contributed by atoms with Crippen molar-refractivity contribution in [2.24, 2.45) is 0 Å². The predicted molar refractivity (Wildman–Crippen MR) is 101 cm³/mol. The van der Waals surface area contributed by atoms with Crippen molar-refractivity contribution in [3.05, 3.63) is 89.7 Å². The zero-order chi connectivity index (χ0) is 17.9. The lowest BCUT2D eigenvalue weighted by Crippen LogP contribution is -2.01. The Labute approximate surface area is 155 Å². The smallest absolute Gasteiger partial charge is 0.167 e. The maximum Gasteiger partial charge on any atom is 0.167 e. The Morgan fingerprint density at radius 2 is 1.12 bits per heavy atom. The van der Waals surface area contributed by atoms with Crippen LogP contribution in [0, 0.1) is 5.82 Å². The molecule has 0 unspecified atom stereocenters. The second-order valence-electron chi connectivity index (χ2n) is 5.66. The number of halogens is 2. The first-order valence-electron chi connectivity index (χ1n) is 8.03. The van der Waals surface area contributed by atoms with Crippen LogP contribution in [0.2, 0.25) is 5.02 Å². The van der Waals surface area contributed by atoms with Crippen LogP contribution in [0.25, 0.3) is 34.2 Å². The standard InChI is InChI=1S/C21H13ClFN3/c22-16-11-12-18(23)17(13-16)21-25-19(14-7-3-1-4-8-14)24-20(26-21)15-9-5-2-6-10-15/h1-13H. The van der Waals surface area contributed by atoms with Gasteiger partial charge in [-0.25, -0.2) is 19.3 Å². The first-order valence-corrected chi connectivity index (χ1v) is 8.41. The molecule has 0 radical (unpaired) electrons. The average molecular weight is 362 g/mol. The van der Waals surface area contributed by atoms with E-state index in [9.17, 15) is 4.39 Å². The third-order valence-corrected chi connectivity index (χ3v) is 4.10. The predicted octanol–water partition coefficient (Wildman–Crippen LogP) is 5.67. The van der Waals surface area contributed by atoms with E-state index in [1.165, 1.54) is 18.2 Å². The monoisotopic (exact) mass is 361 g/mol. The first-order chi connectivity index (χ1) is 12.7. The van der Waals surface area contributed by atoms with E-state index >= 15 is 0 Å². The SMILES string of the molecule is Fc1ccc(Cl)cc1-c1nc(-c2ccccc2)nc(-c2ccccc2)n1. The van der Waals surface area contributed by atoms with Gasteiger partial charge < -0.3 is 0 Å². The molecule has 0 N–H and O–H groups in total. The zero-order valence-electron chi connectivity index (χ0n) is 13.6. The first kappa shape index (κ1) is 16.4. The summed E-state index contributed by atoms with van der Waals surface area (Å²) in [5, 5.41) is 0.421. The van der Waals surface area contributed by atoms with Crippen LogP contribution in [-0.4, -0.2) is 15.0 Å². The van der Waals surface area contributed by atoms with Gasteiger partial charge in [-0.15, -0.1) is 0 Å². The van der Waals surface area contributed by atoms with Crippen molar-refractivity contribution in [3.8, 4) is 34.2 Å². The minimum absolute atomic E-state index is 0.245. The lowest BCUT2D eigenvalue weighted by molar-refractivity contribution is 0.630. The van der Waals surface area contributed by atoms with Crippen molar-refractivity contribution in [1.29, 1.82) is 0 Å². The fourth-order valence-electron chi connectivity index (χ4n) is 2.60. The molecule has 26 heavy (non-hydrogen) atoms. The normalized spacial score (nSPS) is 10.7. The van der Waals surface area contributed by atoms with Crippen molar-refractivity contribution in [3.63, 3.8) is 0 Å². The van der Waals surface area contributed by atoms with E-state index in [1.807, 2.05) is 60.7 Å². The average Bonchev–Trinajstić information content (AvgIpc) is 2.71. The zero-order valence-corrected chi connectivity index (χ0v) is 14.4. The summed E-state index contributed by atoms with van der Waals surface area (Å²) in [6.45, 7) is 0. The van der Waals surface area contributed by atoms with E-state index in [4.69, 9.17) is 11.6 Å². The molecule has 1 aromatic heterocycles. The minimum Gasteiger partial charge on any atom is -0.208 e.